The maximum Gasteiger partial charge on any atom is 0.200 e. The number of aliphatic hydroxyl groups excluding tert-OH is 1. The van der Waals surface area contributed by atoms with Crippen molar-refractivity contribution in [3.63, 3.8) is 0 Å². The van der Waals surface area contributed by atoms with Crippen LogP contribution in [0.5, 0.6) is 0 Å². The summed E-state index contributed by atoms with van der Waals surface area (Å²) in [5.41, 5.74) is 2.36. The van der Waals surface area contributed by atoms with Gasteiger partial charge >= 0.3 is 0 Å². The van der Waals surface area contributed by atoms with E-state index in [-0.39, 0.29) is 17.8 Å². The van der Waals surface area contributed by atoms with Crippen LogP contribution in [0.15, 0.2) is 11.6 Å². The topological polar surface area (TPSA) is 46.5 Å². The largest absolute Gasteiger partial charge is 0.413 e. The first-order valence-electron chi connectivity index (χ1n) is 9.43. The second-order valence-corrected chi connectivity index (χ2v) is 13.6. The average Bonchev–Trinajstić information content (AvgIpc) is 2.48. The van der Waals surface area contributed by atoms with Crippen LogP contribution in [0, 0.1) is 5.92 Å². The van der Waals surface area contributed by atoms with E-state index in [4.69, 9.17) is 4.43 Å². The number of Topliss-reactive ketones (excluding diaryl/α,β-unsaturated/α-hetero) is 1. The van der Waals surface area contributed by atoms with Gasteiger partial charge in [-0.1, -0.05) is 54.5 Å². The van der Waals surface area contributed by atoms with Gasteiger partial charge in [0.1, 0.15) is 5.78 Å². The highest BCUT2D eigenvalue weighted by molar-refractivity contribution is 6.77. The summed E-state index contributed by atoms with van der Waals surface area (Å²) in [6.45, 7) is 21.1. The van der Waals surface area contributed by atoms with Crippen LogP contribution in [0.4, 0.5) is 0 Å². The molecule has 0 aliphatic heterocycles. The van der Waals surface area contributed by atoms with Crippen LogP contribution in [0.2, 0.25) is 16.6 Å². The Kier molecular flexibility index (Phi) is 9.70. The number of carbonyl (C=O) groups is 1. The van der Waals surface area contributed by atoms with Crippen LogP contribution in [-0.4, -0.2) is 31.4 Å². The number of ketones is 1. The molecule has 24 heavy (non-hydrogen) atoms. The van der Waals surface area contributed by atoms with Gasteiger partial charge in [0.25, 0.3) is 0 Å². The second-order valence-electron chi connectivity index (χ2n) is 8.18. The lowest BCUT2D eigenvalue weighted by molar-refractivity contribution is -0.126. The molecule has 0 heterocycles. The van der Waals surface area contributed by atoms with Crippen molar-refractivity contribution in [3.8, 4) is 0 Å². The summed E-state index contributed by atoms with van der Waals surface area (Å²) < 4.78 is 6.63. The predicted octanol–water partition coefficient (Wildman–Crippen LogP) is 5.49. The third kappa shape index (κ3) is 5.53. The van der Waals surface area contributed by atoms with E-state index in [1.807, 2.05) is 33.8 Å². The lowest BCUT2D eigenvalue weighted by Crippen LogP contribution is -2.50. The van der Waals surface area contributed by atoms with Gasteiger partial charge in [0, 0.05) is 18.4 Å². The minimum atomic E-state index is -1.97. The SMILES string of the molecule is C/C=C(\C)[C@H](O)[C@@H](C)C(=O)C[C@@H](C)O[Si](C(C)C)(C(C)C)C(C)C. The summed E-state index contributed by atoms with van der Waals surface area (Å²) in [7, 11) is -1.97. The molecule has 0 saturated carbocycles. The van der Waals surface area contributed by atoms with Crippen molar-refractivity contribution >= 4 is 14.1 Å². The van der Waals surface area contributed by atoms with Crippen LogP contribution in [-0.2, 0) is 9.22 Å². The molecule has 0 fully saturated rings. The quantitative estimate of drug-likeness (QED) is 0.416. The van der Waals surface area contributed by atoms with Gasteiger partial charge in [-0.15, -0.1) is 0 Å². The van der Waals surface area contributed by atoms with E-state index >= 15 is 0 Å². The highest BCUT2D eigenvalue weighted by Crippen LogP contribution is 2.43. The van der Waals surface area contributed by atoms with Crippen LogP contribution in [0.25, 0.3) is 0 Å². The fraction of sp³-hybridized carbons (Fsp3) is 0.850. The summed E-state index contributed by atoms with van der Waals surface area (Å²) in [5, 5.41) is 10.2. The van der Waals surface area contributed by atoms with Crippen LogP contribution in [0.3, 0.4) is 0 Å². The number of aliphatic hydroxyl groups is 1. The van der Waals surface area contributed by atoms with Crippen molar-refractivity contribution < 1.29 is 14.3 Å². The highest BCUT2D eigenvalue weighted by atomic mass is 28.4. The molecule has 0 aliphatic rings. The zero-order chi connectivity index (χ0) is 19.2. The Morgan fingerprint density at radius 1 is 1.00 bits per heavy atom. The molecule has 0 rings (SSSR count). The average molecular weight is 357 g/mol. The summed E-state index contributed by atoms with van der Waals surface area (Å²) in [4.78, 5) is 12.6. The zero-order valence-corrected chi connectivity index (χ0v) is 18.5. The highest BCUT2D eigenvalue weighted by Gasteiger charge is 2.46. The maximum atomic E-state index is 12.6. The minimum absolute atomic E-state index is 0.0790. The molecule has 3 atom stereocenters. The summed E-state index contributed by atoms with van der Waals surface area (Å²) in [5.74, 6) is -0.309. The predicted molar refractivity (Wildman–Crippen MR) is 106 cm³/mol. The van der Waals surface area contributed by atoms with E-state index in [1.54, 1.807) is 0 Å². The Balaban J connectivity index is 5.10. The Morgan fingerprint density at radius 3 is 1.75 bits per heavy atom. The molecule has 0 radical (unpaired) electrons. The monoisotopic (exact) mass is 356 g/mol. The zero-order valence-electron chi connectivity index (χ0n) is 17.5. The molecule has 0 bridgehead atoms. The molecular formula is C20H40O3Si. The lowest BCUT2D eigenvalue weighted by Gasteiger charge is -2.44. The van der Waals surface area contributed by atoms with E-state index in [0.717, 1.165) is 5.57 Å². The molecule has 0 aromatic rings. The summed E-state index contributed by atoms with van der Waals surface area (Å²) in [6, 6.07) is 0. The molecule has 0 aromatic carbocycles. The number of hydrogen-bond donors (Lipinski definition) is 1. The Bertz CT molecular complexity index is 405. The fourth-order valence-electron chi connectivity index (χ4n) is 4.01. The number of allylic oxidation sites excluding steroid dienone is 1. The van der Waals surface area contributed by atoms with Gasteiger partial charge in [-0.3, -0.25) is 4.79 Å². The van der Waals surface area contributed by atoms with Crippen molar-refractivity contribution in [2.45, 2.75) is 104 Å². The molecule has 3 nitrogen and oxygen atoms in total. The molecule has 0 amide bonds. The minimum Gasteiger partial charge on any atom is -0.413 e. The Hall–Kier alpha value is -0.453. The summed E-state index contributed by atoms with van der Waals surface area (Å²) >= 11 is 0. The smallest absolute Gasteiger partial charge is 0.200 e. The van der Waals surface area contributed by atoms with E-state index in [2.05, 4.69) is 41.5 Å². The van der Waals surface area contributed by atoms with Crippen molar-refractivity contribution in [1.29, 1.82) is 0 Å². The molecule has 142 valence electrons. The first-order valence-corrected chi connectivity index (χ1v) is 11.6. The second kappa shape index (κ2) is 9.88. The lowest BCUT2D eigenvalue weighted by atomic mass is 9.92. The Labute approximate surface area is 151 Å². The van der Waals surface area contributed by atoms with Gasteiger partial charge in [0.05, 0.1) is 6.10 Å². The van der Waals surface area contributed by atoms with Gasteiger partial charge in [-0.25, -0.2) is 0 Å². The van der Waals surface area contributed by atoms with Gasteiger partial charge < -0.3 is 9.53 Å². The number of rotatable bonds is 10. The normalized spacial score (nSPS) is 17.5. The third-order valence-corrected chi connectivity index (χ3v) is 11.7. The molecule has 0 aromatic heterocycles. The van der Waals surface area contributed by atoms with Crippen molar-refractivity contribution in [2.24, 2.45) is 5.92 Å². The standard InChI is InChI=1S/C20H40O3Si/c1-11-16(8)20(22)18(10)19(21)12-17(9)23-24(13(2)3,14(4)5)15(6)7/h11,13-15,17-18,20,22H,12H2,1-10H3/b16-11+/t17-,18+,20+/m1/s1. The summed E-state index contributed by atoms with van der Waals surface area (Å²) in [6.07, 6.45) is 1.44. The molecule has 0 saturated heterocycles. The van der Waals surface area contributed by atoms with Crippen molar-refractivity contribution in [1.82, 2.24) is 0 Å². The van der Waals surface area contributed by atoms with Crippen LogP contribution >= 0.6 is 0 Å². The molecular weight excluding hydrogens is 316 g/mol. The third-order valence-electron chi connectivity index (χ3n) is 5.50. The van der Waals surface area contributed by atoms with E-state index in [1.165, 1.54) is 0 Å². The molecule has 0 spiro atoms. The van der Waals surface area contributed by atoms with Crippen molar-refractivity contribution in [2.75, 3.05) is 0 Å². The van der Waals surface area contributed by atoms with Crippen LogP contribution < -0.4 is 0 Å². The van der Waals surface area contributed by atoms with Crippen LogP contribution in [0.1, 0.15) is 75.7 Å². The Morgan fingerprint density at radius 2 is 1.42 bits per heavy atom. The maximum absolute atomic E-state index is 12.6. The first kappa shape index (κ1) is 23.5. The van der Waals surface area contributed by atoms with E-state index in [0.29, 0.717) is 23.0 Å². The molecule has 0 unspecified atom stereocenters. The number of carbonyl (C=O) groups excluding carboxylic acids is 1. The van der Waals surface area contributed by atoms with Gasteiger partial charge in [0.2, 0.25) is 8.32 Å². The van der Waals surface area contributed by atoms with E-state index in [9.17, 15) is 9.90 Å². The molecule has 4 heteroatoms. The molecule has 1 N–H and O–H groups in total. The number of hydrogen-bond acceptors (Lipinski definition) is 3. The first-order chi connectivity index (χ1) is 10.9. The fourth-order valence-corrected chi connectivity index (χ4v) is 9.61. The van der Waals surface area contributed by atoms with Gasteiger partial charge in [0.15, 0.2) is 0 Å². The molecule has 0 aliphatic carbocycles. The van der Waals surface area contributed by atoms with Gasteiger partial charge in [-0.05, 0) is 43.0 Å². The van der Waals surface area contributed by atoms with Crippen molar-refractivity contribution in [3.05, 3.63) is 11.6 Å². The van der Waals surface area contributed by atoms with E-state index < -0.39 is 14.4 Å². The van der Waals surface area contributed by atoms with Gasteiger partial charge in [-0.2, -0.15) is 0 Å².